The van der Waals surface area contributed by atoms with Gasteiger partial charge in [-0.25, -0.2) is 12.7 Å². The third kappa shape index (κ3) is 2.13. The Kier molecular flexibility index (Phi) is 3.00. The number of nitrogens with zero attached hydrogens (tertiary/aromatic N) is 2. The van der Waals surface area contributed by atoms with E-state index < -0.39 is 10.0 Å². The van der Waals surface area contributed by atoms with Gasteiger partial charge in [0.1, 0.15) is 0 Å². The van der Waals surface area contributed by atoms with Crippen LogP contribution in [0.2, 0.25) is 0 Å². The Morgan fingerprint density at radius 1 is 1.67 bits per heavy atom. The molecule has 6 heteroatoms. The summed E-state index contributed by atoms with van der Waals surface area (Å²) < 4.78 is 23.7. The number of hydrogen-bond donors (Lipinski definition) is 0. The molecule has 0 saturated heterocycles. The first kappa shape index (κ1) is 9.85. The summed E-state index contributed by atoms with van der Waals surface area (Å²) in [5.41, 5.74) is 0. The van der Waals surface area contributed by atoms with Crippen LogP contribution in [0.4, 0.5) is 0 Å². The fourth-order valence-electron chi connectivity index (χ4n) is 0.965. The van der Waals surface area contributed by atoms with Crippen molar-refractivity contribution in [1.82, 2.24) is 4.31 Å². The molecule has 0 N–H and O–H groups in total. The third-order valence-electron chi connectivity index (χ3n) is 1.44. The number of sulfonamides is 1. The van der Waals surface area contributed by atoms with Gasteiger partial charge in [0, 0.05) is 0 Å². The third-order valence-corrected chi connectivity index (χ3v) is 3.61. The minimum Gasteiger partial charge on any atom is -0.260 e. The van der Waals surface area contributed by atoms with E-state index in [4.69, 9.17) is 0 Å². The smallest absolute Gasteiger partial charge is 0.233 e. The Labute approximate surface area is 77.1 Å². The fraction of sp³-hybridized carbons (Fsp3) is 0.833. The molecular weight excluding hydrogens is 196 g/mol. The fourth-order valence-corrected chi connectivity index (χ4v) is 2.96. The standard InChI is InChI=1S/C6H12N2O2S2/c1-3-11-6-7-4-5-8(6)12(2,9)10/h3-5H2,1-2H3. The summed E-state index contributed by atoms with van der Waals surface area (Å²) in [6, 6.07) is 0. The van der Waals surface area contributed by atoms with E-state index >= 15 is 0 Å². The topological polar surface area (TPSA) is 49.7 Å². The Hall–Kier alpha value is -0.230. The van der Waals surface area contributed by atoms with Gasteiger partial charge >= 0.3 is 0 Å². The lowest BCUT2D eigenvalue weighted by molar-refractivity contribution is 0.547. The Balaban J connectivity index is 2.75. The zero-order chi connectivity index (χ0) is 9.19. The van der Waals surface area contributed by atoms with Crippen molar-refractivity contribution in [3.8, 4) is 0 Å². The van der Waals surface area contributed by atoms with Gasteiger partial charge in [-0.2, -0.15) is 0 Å². The molecule has 0 fully saturated rings. The maximum atomic E-state index is 11.2. The molecule has 0 amide bonds. The first-order valence-electron chi connectivity index (χ1n) is 3.70. The van der Waals surface area contributed by atoms with E-state index in [1.807, 2.05) is 6.92 Å². The van der Waals surface area contributed by atoms with E-state index in [0.717, 1.165) is 5.75 Å². The lowest BCUT2D eigenvalue weighted by atomic mass is 10.7. The van der Waals surface area contributed by atoms with Crippen LogP contribution in [-0.2, 0) is 10.0 Å². The molecule has 0 bridgehead atoms. The lowest BCUT2D eigenvalue weighted by Gasteiger charge is -2.15. The molecule has 1 aliphatic heterocycles. The van der Waals surface area contributed by atoms with Crippen molar-refractivity contribution in [3.05, 3.63) is 0 Å². The molecule has 70 valence electrons. The van der Waals surface area contributed by atoms with Gasteiger partial charge < -0.3 is 0 Å². The SMILES string of the molecule is CCSC1=NCCN1S(C)(=O)=O. The van der Waals surface area contributed by atoms with Crippen molar-refractivity contribution < 1.29 is 8.42 Å². The van der Waals surface area contributed by atoms with Crippen molar-refractivity contribution in [3.63, 3.8) is 0 Å². The van der Waals surface area contributed by atoms with E-state index in [-0.39, 0.29) is 0 Å². The molecule has 1 heterocycles. The minimum absolute atomic E-state index is 0.501. The molecule has 0 spiro atoms. The molecule has 4 nitrogen and oxygen atoms in total. The van der Waals surface area contributed by atoms with Gasteiger partial charge in [0.2, 0.25) is 10.0 Å². The van der Waals surface area contributed by atoms with Crippen LogP contribution in [0, 0.1) is 0 Å². The van der Waals surface area contributed by atoms with E-state index in [9.17, 15) is 8.42 Å². The summed E-state index contributed by atoms with van der Waals surface area (Å²) in [5, 5.41) is 0.639. The molecule has 12 heavy (non-hydrogen) atoms. The van der Waals surface area contributed by atoms with Gasteiger partial charge in [0.25, 0.3) is 0 Å². The Morgan fingerprint density at radius 3 is 2.83 bits per heavy atom. The number of hydrogen-bond acceptors (Lipinski definition) is 4. The molecule has 0 aromatic rings. The van der Waals surface area contributed by atoms with Crippen molar-refractivity contribution in [2.24, 2.45) is 4.99 Å². The van der Waals surface area contributed by atoms with Crippen LogP contribution >= 0.6 is 11.8 Å². The van der Waals surface area contributed by atoms with Gasteiger partial charge in [-0.3, -0.25) is 4.99 Å². The summed E-state index contributed by atoms with van der Waals surface area (Å²) in [4.78, 5) is 4.10. The Bertz CT molecular complexity index is 284. The van der Waals surface area contributed by atoms with E-state index in [1.54, 1.807) is 0 Å². The van der Waals surface area contributed by atoms with Crippen LogP contribution in [0.1, 0.15) is 6.92 Å². The molecule has 0 unspecified atom stereocenters. The molecule has 0 radical (unpaired) electrons. The van der Waals surface area contributed by atoms with Crippen LogP contribution in [0.25, 0.3) is 0 Å². The maximum absolute atomic E-state index is 11.2. The summed E-state index contributed by atoms with van der Waals surface area (Å²) in [7, 11) is -3.09. The van der Waals surface area contributed by atoms with Gasteiger partial charge in [0.05, 0.1) is 19.3 Å². The predicted octanol–water partition coefficient (Wildman–Crippen LogP) is 0.371. The molecule has 0 atom stereocenters. The van der Waals surface area contributed by atoms with Crippen molar-refractivity contribution in [1.29, 1.82) is 0 Å². The second-order valence-corrected chi connectivity index (χ2v) is 5.57. The first-order chi connectivity index (χ1) is 5.55. The van der Waals surface area contributed by atoms with E-state index in [2.05, 4.69) is 4.99 Å². The Morgan fingerprint density at radius 2 is 2.33 bits per heavy atom. The second-order valence-electron chi connectivity index (χ2n) is 2.43. The number of amidine groups is 1. The second kappa shape index (κ2) is 3.66. The van der Waals surface area contributed by atoms with E-state index in [0.29, 0.717) is 18.3 Å². The van der Waals surface area contributed by atoms with Gasteiger partial charge in [-0.1, -0.05) is 18.7 Å². The van der Waals surface area contributed by atoms with Crippen LogP contribution in [0.15, 0.2) is 4.99 Å². The summed E-state index contributed by atoms with van der Waals surface area (Å²) in [6.07, 6.45) is 1.21. The van der Waals surface area contributed by atoms with E-state index in [1.165, 1.54) is 22.3 Å². The molecule has 1 aliphatic rings. The molecule has 0 aromatic carbocycles. The van der Waals surface area contributed by atoms with Crippen LogP contribution < -0.4 is 0 Å². The minimum atomic E-state index is -3.09. The van der Waals surface area contributed by atoms with Gasteiger partial charge in [-0.15, -0.1) is 0 Å². The normalized spacial score (nSPS) is 18.2. The van der Waals surface area contributed by atoms with Gasteiger partial charge in [-0.05, 0) is 5.75 Å². The summed E-state index contributed by atoms with van der Waals surface area (Å²) in [6.45, 7) is 3.07. The van der Waals surface area contributed by atoms with Crippen molar-refractivity contribution in [2.45, 2.75) is 6.92 Å². The highest BCUT2D eigenvalue weighted by Crippen LogP contribution is 2.16. The monoisotopic (exact) mass is 208 g/mol. The molecule has 0 saturated carbocycles. The quantitative estimate of drug-likeness (QED) is 0.659. The highest BCUT2D eigenvalue weighted by molar-refractivity contribution is 8.14. The average molecular weight is 208 g/mol. The number of thioether (sulfide) groups is 1. The predicted molar refractivity (Wildman–Crippen MR) is 52.0 cm³/mol. The molecular formula is C6H12N2O2S2. The maximum Gasteiger partial charge on any atom is 0.233 e. The van der Waals surface area contributed by atoms with Crippen LogP contribution in [0.5, 0.6) is 0 Å². The largest absolute Gasteiger partial charge is 0.260 e. The first-order valence-corrected chi connectivity index (χ1v) is 6.54. The highest BCUT2D eigenvalue weighted by atomic mass is 32.2. The zero-order valence-electron chi connectivity index (χ0n) is 7.15. The summed E-state index contributed by atoms with van der Waals surface area (Å²) >= 11 is 1.47. The average Bonchev–Trinajstić information content (AvgIpc) is 2.34. The van der Waals surface area contributed by atoms with Gasteiger partial charge in [0.15, 0.2) is 5.17 Å². The lowest BCUT2D eigenvalue weighted by Crippen LogP contribution is -2.31. The number of rotatable bonds is 2. The van der Waals surface area contributed by atoms with Crippen LogP contribution in [0.3, 0.4) is 0 Å². The van der Waals surface area contributed by atoms with Crippen molar-refractivity contribution in [2.75, 3.05) is 25.1 Å². The molecule has 1 rings (SSSR count). The zero-order valence-corrected chi connectivity index (χ0v) is 8.78. The molecule has 0 aliphatic carbocycles. The highest BCUT2D eigenvalue weighted by Gasteiger charge is 2.24. The van der Waals surface area contributed by atoms with Crippen LogP contribution in [-0.4, -0.2) is 43.0 Å². The number of aliphatic imine (C=N–C) groups is 1. The summed E-state index contributed by atoms with van der Waals surface area (Å²) in [5.74, 6) is 0.852. The van der Waals surface area contributed by atoms with Crippen molar-refractivity contribution >= 4 is 27.0 Å². The molecule has 0 aromatic heterocycles.